The van der Waals surface area contributed by atoms with Crippen molar-refractivity contribution in [1.29, 1.82) is 0 Å². The van der Waals surface area contributed by atoms with Crippen LogP contribution in [0, 0.1) is 57.0 Å². The van der Waals surface area contributed by atoms with Crippen LogP contribution in [0.4, 0.5) is 8.78 Å². The second kappa shape index (κ2) is 12.2. The number of amides is 1. The fourth-order valence-electron chi connectivity index (χ4n) is 13.8. The average Bonchev–Trinajstić information content (AvgIpc) is 3.61. The SMILES string of the molecule is CC(=O)N(Cc1cc(F)cc(F)c1)CC1CCC2C(CC3C4CCC5C(C)(C)[C@@H](OC6CN(C7COC7)CCO6)CCC56C[C@@]46CCC23C)O1. The van der Waals surface area contributed by atoms with Gasteiger partial charge in [0.25, 0.3) is 0 Å². The van der Waals surface area contributed by atoms with Crippen LogP contribution >= 0.6 is 0 Å². The van der Waals surface area contributed by atoms with Gasteiger partial charge in [0.05, 0.1) is 50.7 Å². The molecule has 1 amide bonds. The van der Waals surface area contributed by atoms with Gasteiger partial charge in [0.15, 0.2) is 6.29 Å². The summed E-state index contributed by atoms with van der Waals surface area (Å²) >= 11 is 0. The van der Waals surface area contributed by atoms with Crippen LogP contribution in [0.25, 0.3) is 0 Å². The van der Waals surface area contributed by atoms with E-state index in [-0.39, 0.29) is 42.5 Å². The van der Waals surface area contributed by atoms with Crippen molar-refractivity contribution in [1.82, 2.24) is 9.80 Å². The van der Waals surface area contributed by atoms with Gasteiger partial charge >= 0.3 is 0 Å². The number of hydrogen-bond donors (Lipinski definition) is 0. The molecule has 8 fully saturated rings. The smallest absolute Gasteiger partial charge is 0.219 e. The third kappa shape index (κ3) is 5.28. The van der Waals surface area contributed by atoms with Crippen molar-refractivity contribution < 1.29 is 32.5 Å². The molecule has 50 heavy (non-hydrogen) atoms. The molecule has 3 saturated heterocycles. The number of carbonyl (C=O) groups excluding carboxylic acids is 1. The Balaban J connectivity index is 0.863. The number of fused-ring (bicyclic) bond motifs is 4. The van der Waals surface area contributed by atoms with Gasteiger partial charge < -0.3 is 23.8 Å². The van der Waals surface area contributed by atoms with Crippen LogP contribution in [0.3, 0.4) is 0 Å². The summed E-state index contributed by atoms with van der Waals surface area (Å²) < 4.78 is 53.3. The Morgan fingerprint density at radius 1 is 0.960 bits per heavy atom. The molecule has 3 heterocycles. The van der Waals surface area contributed by atoms with Gasteiger partial charge in [-0.1, -0.05) is 20.8 Å². The van der Waals surface area contributed by atoms with Gasteiger partial charge in [0.2, 0.25) is 5.91 Å². The van der Waals surface area contributed by atoms with Gasteiger partial charge in [0.1, 0.15) is 11.6 Å². The zero-order valence-electron chi connectivity index (χ0n) is 30.6. The second-order valence-corrected chi connectivity index (χ2v) is 18.7. The molecule has 5 saturated carbocycles. The quantitative estimate of drug-likeness (QED) is 0.307. The van der Waals surface area contributed by atoms with E-state index < -0.39 is 11.6 Å². The minimum absolute atomic E-state index is 0.0439. The molecule has 5 aliphatic carbocycles. The van der Waals surface area contributed by atoms with E-state index in [0.29, 0.717) is 52.1 Å². The Morgan fingerprint density at radius 3 is 2.48 bits per heavy atom. The van der Waals surface area contributed by atoms with E-state index >= 15 is 0 Å². The highest BCUT2D eigenvalue weighted by atomic mass is 19.1. The molecule has 0 radical (unpaired) electrons. The molecular weight excluding hydrogens is 638 g/mol. The lowest BCUT2D eigenvalue weighted by Crippen LogP contribution is -2.58. The monoisotopic (exact) mass is 696 g/mol. The van der Waals surface area contributed by atoms with Gasteiger partial charge in [-0.2, -0.15) is 0 Å². The molecule has 7 nitrogen and oxygen atoms in total. The van der Waals surface area contributed by atoms with E-state index in [2.05, 4.69) is 25.7 Å². The van der Waals surface area contributed by atoms with E-state index in [0.717, 1.165) is 70.6 Å². The third-order valence-electron chi connectivity index (χ3n) is 16.3. The number of nitrogens with zero attached hydrogens (tertiary/aromatic N) is 2. The fraction of sp³-hybridized carbons (Fsp3) is 0.829. The first-order valence-corrected chi connectivity index (χ1v) is 19.9. The Morgan fingerprint density at radius 2 is 1.74 bits per heavy atom. The number of halogens is 2. The van der Waals surface area contributed by atoms with Gasteiger partial charge in [-0.3, -0.25) is 9.69 Å². The lowest BCUT2D eigenvalue weighted by Gasteiger charge is -2.60. The topological polar surface area (TPSA) is 60.5 Å². The molecule has 11 atom stereocenters. The van der Waals surface area contributed by atoms with Gasteiger partial charge in [-0.25, -0.2) is 8.78 Å². The largest absolute Gasteiger partial charge is 0.378 e. The van der Waals surface area contributed by atoms with Crippen molar-refractivity contribution in [2.24, 2.45) is 45.3 Å². The Kier molecular flexibility index (Phi) is 8.32. The molecule has 276 valence electrons. The molecule has 3 aliphatic heterocycles. The molecule has 9 unspecified atom stereocenters. The Labute approximate surface area is 297 Å². The van der Waals surface area contributed by atoms with E-state index in [1.807, 2.05) is 0 Å². The molecule has 8 aliphatic rings. The van der Waals surface area contributed by atoms with Crippen LogP contribution in [-0.4, -0.2) is 85.8 Å². The number of morpholine rings is 1. The Hall–Kier alpha value is -1.65. The van der Waals surface area contributed by atoms with E-state index in [4.69, 9.17) is 18.9 Å². The number of hydrogen-bond acceptors (Lipinski definition) is 6. The molecule has 2 spiro atoms. The molecule has 9 heteroatoms. The van der Waals surface area contributed by atoms with E-state index in [1.165, 1.54) is 57.6 Å². The maximum absolute atomic E-state index is 13.9. The summed E-state index contributed by atoms with van der Waals surface area (Å²) in [6, 6.07) is 4.04. The average molecular weight is 697 g/mol. The molecule has 1 aromatic rings. The summed E-state index contributed by atoms with van der Waals surface area (Å²) in [6.45, 7) is 14.1. The zero-order valence-corrected chi connectivity index (χ0v) is 30.6. The summed E-state index contributed by atoms with van der Waals surface area (Å²) in [7, 11) is 0. The lowest BCUT2D eigenvalue weighted by atomic mass is 9.46. The van der Waals surface area contributed by atoms with Crippen LogP contribution in [0.1, 0.15) is 97.5 Å². The first-order chi connectivity index (χ1) is 23.9. The van der Waals surface area contributed by atoms with Gasteiger partial charge in [0, 0.05) is 32.6 Å². The van der Waals surface area contributed by atoms with Crippen LogP contribution < -0.4 is 0 Å². The standard InChI is InChI=1S/C41H58F2N2O5/c1-25(46)45(19-26-15-27(42)17-28(43)16-26)20-30-5-6-32-34(49-30)18-33-31-7-8-35-38(2,3)36(50-37-21-44(13-14-48-37)29-22-47-23-29)9-10-41(35)24-40(31,41)12-11-39(32,33)4/h15-17,29-37H,5-14,18-24H2,1-4H3/t30?,31?,32?,33?,34?,35?,36-,37?,39?,40-,41?/m0/s1. The number of ether oxygens (including phenoxy) is 4. The minimum Gasteiger partial charge on any atom is -0.378 e. The molecule has 0 N–H and O–H groups in total. The molecule has 0 bridgehead atoms. The summed E-state index contributed by atoms with van der Waals surface area (Å²) in [4.78, 5) is 16.9. The van der Waals surface area contributed by atoms with E-state index in [1.54, 1.807) is 4.90 Å². The molecular formula is C41H58F2N2O5. The fourth-order valence-corrected chi connectivity index (χ4v) is 13.8. The summed E-state index contributed by atoms with van der Waals surface area (Å²) in [5.74, 6) is 1.41. The zero-order chi connectivity index (χ0) is 34.6. The number of carbonyl (C=O) groups is 1. The van der Waals surface area contributed by atoms with Crippen LogP contribution in [-0.2, 0) is 30.3 Å². The van der Waals surface area contributed by atoms with Crippen molar-refractivity contribution in [2.75, 3.05) is 39.5 Å². The lowest BCUT2D eigenvalue weighted by molar-refractivity contribution is -0.253. The van der Waals surface area contributed by atoms with Crippen LogP contribution in [0.5, 0.6) is 0 Å². The predicted molar refractivity (Wildman–Crippen MR) is 184 cm³/mol. The normalized spacial score (nSPS) is 44.9. The second-order valence-electron chi connectivity index (χ2n) is 18.7. The molecule has 9 rings (SSSR count). The highest BCUT2D eigenvalue weighted by molar-refractivity contribution is 5.73. The van der Waals surface area contributed by atoms with Crippen molar-refractivity contribution in [3.05, 3.63) is 35.4 Å². The first kappa shape index (κ1) is 34.1. The predicted octanol–water partition coefficient (Wildman–Crippen LogP) is 6.96. The highest BCUT2D eigenvalue weighted by Crippen LogP contribution is 2.87. The van der Waals surface area contributed by atoms with Crippen molar-refractivity contribution in [3.8, 4) is 0 Å². The van der Waals surface area contributed by atoms with Crippen molar-refractivity contribution in [2.45, 2.75) is 129 Å². The third-order valence-corrected chi connectivity index (χ3v) is 16.3. The van der Waals surface area contributed by atoms with Crippen LogP contribution in [0.15, 0.2) is 18.2 Å². The molecule has 1 aromatic carbocycles. The van der Waals surface area contributed by atoms with Crippen molar-refractivity contribution in [3.63, 3.8) is 0 Å². The minimum atomic E-state index is -0.614. The van der Waals surface area contributed by atoms with Gasteiger partial charge in [-0.15, -0.1) is 0 Å². The summed E-state index contributed by atoms with van der Waals surface area (Å²) in [5.41, 5.74) is 1.84. The first-order valence-electron chi connectivity index (χ1n) is 19.9. The maximum Gasteiger partial charge on any atom is 0.219 e. The number of benzene rings is 1. The summed E-state index contributed by atoms with van der Waals surface area (Å²) in [5, 5.41) is 0. The highest BCUT2D eigenvalue weighted by Gasteiger charge is 2.80. The van der Waals surface area contributed by atoms with Crippen molar-refractivity contribution >= 4 is 5.91 Å². The summed E-state index contributed by atoms with van der Waals surface area (Å²) in [6.07, 6.45) is 12.6. The van der Waals surface area contributed by atoms with Gasteiger partial charge in [-0.05, 0) is 127 Å². The molecule has 0 aromatic heterocycles. The van der Waals surface area contributed by atoms with E-state index in [9.17, 15) is 13.6 Å². The Bertz CT molecular complexity index is 1470. The van der Waals surface area contributed by atoms with Crippen LogP contribution in [0.2, 0.25) is 0 Å². The number of rotatable bonds is 7. The maximum atomic E-state index is 13.9.